The Labute approximate surface area is 190 Å². The molecule has 0 amide bonds. The summed E-state index contributed by atoms with van der Waals surface area (Å²) >= 11 is 2.98. The van der Waals surface area contributed by atoms with Crippen molar-refractivity contribution in [2.75, 3.05) is 6.54 Å². The molecule has 0 bridgehead atoms. The zero-order valence-corrected chi connectivity index (χ0v) is 19.8. The number of aliphatic imine (C=N–C) groups is 1. The molecule has 0 unspecified atom stereocenters. The van der Waals surface area contributed by atoms with Crippen LogP contribution in [0, 0.1) is 6.92 Å². The summed E-state index contributed by atoms with van der Waals surface area (Å²) < 4.78 is 0. The standard InChI is InChI=1S/C23H25NO2S2.CO2/c1-14-6-11-20(28-14)19(25)12-24-15(2)18-13-27-22(21(18)26)16-7-9-17(10-8-16)23(3,4)5;2-1-3/h6-11,13,26H,12H2,1-5H3;. The minimum atomic E-state index is 0.00478. The maximum Gasteiger partial charge on any atom is 0.373 e. The summed E-state index contributed by atoms with van der Waals surface area (Å²) in [6.07, 6.45) is 0.250. The fraction of sp³-hybridized carbons (Fsp3) is 0.292. The van der Waals surface area contributed by atoms with Crippen molar-refractivity contribution in [2.45, 2.75) is 40.0 Å². The van der Waals surface area contributed by atoms with Gasteiger partial charge in [-0.25, -0.2) is 0 Å². The number of ketones is 1. The van der Waals surface area contributed by atoms with Crippen LogP contribution in [0.5, 0.6) is 5.75 Å². The van der Waals surface area contributed by atoms with E-state index < -0.39 is 0 Å². The summed E-state index contributed by atoms with van der Waals surface area (Å²) in [5.74, 6) is 0.235. The third-order valence-electron chi connectivity index (χ3n) is 4.64. The molecule has 1 aromatic carbocycles. The number of hydrogen-bond acceptors (Lipinski definition) is 7. The lowest BCUT2D eigenvalue weighted by atomic mass is 9.86. The fourth-order valence-corrected chi connectivity index (χ4v) is 4.68. The molecule has 2 heterocycles. The lowest BCUT2D eigenvalue weighted by molar-refractivity contribution is -0.191. The van der Waals surface area contributed by atoms with Gasteiger partial charge in [0.15, 0.2) is 5.78 Å². The van der Waals surface area contributed by atoms with Gasteiger partial charge in [-0.3, -0.25) is 9.79 Å². The van der Waals surface area contributed by atoms with E-state index >= 15 is 0 Å². The van der Waals surface area contributed by atoms with Crippen LogP contribution in [0.4, 0.5) is 0 Å². The van der Waals surface area contributed by atoms with Gasteiger partial charge in [-0.1, -0.05) is 45.0 Å². The Morgan fingerprint density at radius 2 is 1.71 bits per heavy atom. The third-order valence-corrected chi connectivity index (χ3v) is 6.70. The normalized spacial score (nSPS) is 11.5. The van der Waals surface area contributed by atoms with Crippen molar-refractivity contribution >= 4 is 40.3 Å². The molecule has 3 aromatic rings. The van der Waals surface area contributed by atoms with Gasteiger partial charge in [-0.2, -0.15) is 9.59 Å². The Morgan fingerprint density at radius 1 is 1.10 bits per heavy atom. The molecule has 0 spiro atoms. The molecule has 0 radical (unpaired) electrons. The van der Waals surface area contributed by atoms with Crippen molar-refractivity contribution in [2.24, 2.45) is 4.99 Å². The number of nitrogens with zero attached hydrogens (tertiary/aromatic N) is 1. The van der Waals surface area contributed by atoms with E-state index in [9.17, 15) is 9.90 Å². The zero-order valence-electron chi connectivity index (χ0n) is 18.2. The molecule has 0 atom stereocenters. The molecule has 31 heavy (non-hydrogen) atoms. The summed E-state index contributed by atoms with van der Waals surface area (Å²) in [5, 5.41) is 12.6. The first-order chi connectivity index (χ1) is 14.6. The van der Waals surface area contributed by atoms with E-state index in [0.717, 1.165) is 20.2 Å². The molecule has 0 aliphatic carbocycles. The lowest BCUT2D eigenvalue weighted by Gasteiger charge is -2.19. The van der Waals surface area contributed by atoms with Gasteiger partial charge >= 0.3 is 6.15 Å². The predicted octanol–water partition coefficient (Wildman–Crippen LogP) is 5.90. The molecule has 0 saturated heterocycles. The van der Waals surface area contributed by atoms with Gasteiger partial charge in [0.05, 0.1) is 9.75 Å². The smallest absolute Gasteiger partial charge is 0.373 e. The molecule has 5 nitrogen and oxygen atoms in total. The topological polar surface area (TPSA) is 83.8 Å². The maximum absolute atomic E-state index is 12.3. The summed E-state index contributed by atoms with van der Waals surface area (Å²) in [6, 6.07) is 12.1. The molecule has 0 saturated carbocycles. The van der Waals surface area contributed by atoms with E-state index in [1.807, 2.05) is 43.5 Å². The average molecular weight is 456 g/mol. The van der Waals surface area contributed by atoms with Crippen molar-refractivity contribution in [1.29, 1.82) is 0 Å². The van der Waals surface area contributed by atoms with Crippen molar-refractivity contribution in [3.8, 4) is 16.2 Å². The fourth-order valence-electron chi connectivity index (χ4n) is 2.87. The van der Waals surface area contributed by atoms with Crippen LogP contribution < -0.4 is 0 Å². The Kier molecular flexibility index (Phi) is 8.22. The number of aryl methyl sites for hydroxylation is 1. The van der Waals surface area contributed by atoms with E-state index in [1.165, 1.54) is 28.2 Å². The first-order valence-corrected chi connectivity index (χ1v) is 11.3. The molecule has 2 aromatic heterocycles. The zero-order chi connectivity index (χ0) is 23.2. The number of rotatable bonds is 5. The molecule has 0 fully saturated rings. The molecule has 1 N–H and O–H groups in total. The second-order valence-corrected chi connectivity index (χ2v) is 10.1. The highest BCUT2D eigenvalue weighted by Gasteiger charge is 2.17. The van der Waals surface area contributed by atoms with Crippen LogP contribution in [0.2, 0.25) is 0 Å². The summed E-state index contributed by atoms with van der Waals surface area (Å²) in [5.41, 5.74) is 3.70. The highest BCUT2D eigenvalue weighted by atomic mass is 32.1. The maximum atomic E-state index is 12.3. The van der Waals surface area contributed by atoms with Crippen molar-refractivity contribution in [3.05, 3.63) is 62.7 Å². The molecule has 0 aliphatic rings. The highest BCUT2D eigenvalue weighted by molar-refractivity contribution is 7.14. The van der Waals surface area contributed by atoms with Crippen LogP contribution in [0.3, 0.4) is 0 Å². The van der Waals surface area contributed by atoms with Crippen LogP contribution in [0.1, 0.15) is 53.4 Å². The van der Waals surface area contributed by atoms with E-state index in [1.54, 1.807) is 0 Å². The second kappa shape index (κ2) is 10.4. The number of hydrogen-bond donors (Lipinski definition) is 1. The number of carbonyl (C=O) groups excluding carboxylic acids is 3. The molecular formula is C24H25NO4S2. The van der Waals surface area contributed by atoms with Crippen LogP contribution >= 0.6 is 22.7 Å². The van der Waals surface area contributed by atoms with E-state index in [0.29, 0.717) is 11.3 Å². The molecule has 3 rings (SSSR count). The van der Waals surface area contributed by atoms with E-state index in [-0.39, 0.29) is 29.6 Å². The largest absolute Gasteiger partial charge is 0.506 e. The second-order valence-electron chi connectivity index (χ2n) is 7.97. The minimum Gasteiger partial charge on any atom is -0.506 e. The van der Waals surface area contributed by atoms with Crippen molar-refractivity contribution in [3.63, 3.8) is 0 Å². The first kappa shape index (κ1) is 24.4. The molecule has 7 heteroatoms. The number of aromatic hydroxyl groups is 1. The number of benzene rings is 1. The Bertz CT molecular complexity index is 1110. The van der Waals surface area contributed by atoms with Gasteiger partial charge in [-0.05, 0) is 42.5 Å². The van der Waals surface area contributed by atoms with Crippen molar-refractivity contribution < 1.29 is 19.5 Å². The van der Waals surface area contributed by atoms with Gasteiger partial charge in [0.2, 0.25) is 0 Å². The monoisotopic (exact) mass is 455 g/mol. The number of carbonyl (C=O) groups is 1. The van der Waals surface area contributed by atoms with Crippen LogP contribution in [0.15, 0.2) is 46.8 Å². The summed E-state index contributed by atoms with van der Waals surface area (Å²) in [6.45, 7) is 10.5. The predicted molar refractivity (Wildman–Crippen MR) is 126 cm³/mol. The highest BCUT2D eigenvalue weighted by Crippen LogP contribution is 2.39. The molecular weight excluding hydrogens is 430 g/mol. The van der Waals surface area contributed by atoms with Gasteiger partial charge in [0, 0.05) is 21.5 Å². The minimum absolute atomic E-state index is 0.00478. The first-order valence-electron chi connectivity index (χ1n) is 9.60. The van der Waals surface area contributed by atoms with E-state index in [2.05, 4.69) is 37.9 Å². The van der Waals surface area contributed by atoms with Crippen LogP contribution in [-0.2, 0) is 15.0 Å². The van der Waals surface area contributed by atoms with E-state index in [4.69, 9.17) is 9.59 Å². The lowest BCUT2D eigenvalue weighted by Crippen LogP contribution is -2.10. The molecule has 0 aliphatic heterocycles. The summed E-state index contributed by atoms with van der Waals surface area (Å²) in [4.78, 5) is 35.6. The quantitative estimate of drug-likeness (QED) is 0.384. The number of Topliss-reactive ketones (excluding diaryl/α,β-unsaturated/α-hetero) is 1. The van der Waals surface area contributed by atoms with Crippen LogP contribution in [0.25, 0.3) is 10.4 Å². The van der Waals surface area contributed by atoms with Gasteiger partial charge in [0.25, 0.3) is 0 Å². The molecule has 162 valence electrons. The summed E-state index contributed by atoms with van der Waals surface area (Å²) in [7, 11) is 0. The average Bonchev–Trinajstić information content (AvgIpc) is 3.32. The Balaban J connectivity index is 0.00000107. The van der Waals surface area contributed by atoms with Gasteiger partial charge in [0.1, 0.15) is 12.3 Å². The SMILES string of the molecule is CC(=NCC(=O)c1ccc(C)s1)c1csc(-c2ccc(C(C)(C)C)cc2)c1O.O=C=O. The van der Waals surface area contributed by atoms with Gasteiger partial charge < -0.3 is 5.11 Å². The van der Waals surface area contributed by atoms with Crippen molar-refractivity contribution in [1.82, 2.24) is 0 Å². The third kappa shape index (κ3) is 6.31. The Morgan fingerprint density at radius 3 is 2.23 bits per heavy atom. The Hall–Kier alpha value is -2.86. The van der Waals surface area contributed by atoms with Gasteiger partial charge in [-0.15, -0.1) is 22.7 Å². The van der Waals surface area contributed by atoms with Crippen LogP contribution in [-0.4, -0.2) is 29.3 Å². The number of thiophene rings is 2.